The number of para-hydroxylation sites is 10. The zero-order valence-electron chi connectivity index (χ0n) is 69.0. The fourth-order valence-corrected chi connectivity index (χ4v) is 12.7. The molecule has 0 atom stereocenters. The molecule has 4 aliphatic rings. The Morgan fingerprint density at radius 2 is 0.721 bits per heavy atom. The van der Waals surface area contributed by atoms with Crippen LogP contribution in [0.3, 0.4) is 0 Å². The molecule has 17 rings (SSSR count). The molecule has 9 heteroatoms. The van der Waals surface area contributed by atoms with E-state index in [9.17, 15) is 21.9 Å². The minimum atomic E-state index is -1.58. The molecule has 1 aromatic heterocycles. The van der Waals surface area contributed by atoms with Gasteiger partial charge in [0, 0.05) is 91.4 Å². The van der Waals surface area contributed by atoms with E-state index in [2.05, 4.69) is 4.90 Å². The van der Waals surface area contributed by atoms with Crippen LogP contribution in [-0.4, -0.2) is 18.4 Å². The Hall–Kier alpha value is -11.3. The molecule has 5 heterocycles. The lowest BCUT2D eigenvalue weighted by atomic mass is 9.30. The Bertz CT molecular complexity index is 5970. The molecule has 0 spiro atoms. The standard InChI is InChI=1S/C77H53B2N7/c1-9-29-54(30-10-1)81(55-31-11-2-12-32-55)62-49-71-75-72(50-62)84(59-39-19-6-20-40-59)69-52-70-66(51-65(69)78(75)63-45-25-27-47-67(63)83(71)58-37-17-5-18-38-58)79-64-46-26-28-48-68(64)86(61-43-23-8-24-44-61)77-76(79)73(85(70)60-41-21-7-22-42-60)53-74(80-77)82(56-33-13-3-14-34-56)57-35-15-4-16-36-57/h1-53H/i1D,2D,5D,6D,9D,10D,11D,12D,17D,18D,19D,20D,25D,27D,29D,30D,31D,32D,37D,38D,39D,40D,45D,47D. The molecule has 0 unspecified atom stereocenters. The molecule has 86 heavy (non-hydrogen) atoms. The van der Waals surface area contributed by atoms with Crippen LogP contribution in [0.15, 0.2) is 321 Å². The molecule has 12 aromatic carbocycles. The van der Waals surface area contributed by atoms with Crippen molar-refractivity contribution in [2.45, 2.75) is 0 Å². The maximum absolute atomic E-state index is 10.4. The normalized spacial score (nSPS) is 16.9. The largest absolute Gasteiger partial charge is 0.311 e. The van der Waals surface area contributed by atoms with E-state index in [4.69, 9.17) is 16.0 Å². The molecule has 0 saturated heterocycles. The van der Waals surface area contributed by atoms with Crippen LogP contribution >= 0.6 is 0 Å². The van der Waals surface area contributed by atoms with Gasteiger partial charge in [0.05, 0.1) is 38.6 Å². The minimum Gasteiger partial charge on any atom is -0.311 e. The Morgan fingerprint density at radius 1 is 0.279 bits per heavy atom. The lowest BCUT2D eigenvalue weighted by Gasteiger charge is -2.47. The number of hydrogen-bond donors (Lipinski definition) is 0. The fourth-order valence-electron chi connectivity index (χ4n) is 12.7. The Kier molecular flexibility index (Phi) is 7.27. The molecule has 0 fully saturated rings. The van der Waals surface area contributed by atoms with E-state index in [1.165, 1.54) is 17.0 Å². The van der Waals surface area contributed by atoms with Crippen LogP contribution in [0, 0.1) is 0 Å². The Labute approximate surface area is 535 Å². The van der Waals surface area contributed by atoms with Crippen LogP contribution in [-0.2, 0) is 0 Å². The predicted molar refractivity (Wildman–Crippen MR) is 362 cm³/mol. The first kappa shape index (κ1) is 30.9. The number of benzene rings is 12. The van der Waals surface area contributed by atoms with Gasteiger partial charge >= 0.3 is 0 Å². The highest BCUT2D eigenvalue weighted by Gasteiger charge is 2.49. The highest BCUT2D eigenvalue weighted by atomic mass is 15.3. The Balaban J connectivity index is 1.09. The first-order valence-corrected chi connectivity index (χ1v) is 27.6. The van der Waals surface area contributed by atoms with Gasteiger partial charge in [-0.2, -0.15) is 0 Å². The van der Waals surface area contributed by atoms with Crippen molar-refractivity contribution in [3.8, 4) is 0 Å². The van der Waals surface area contributed by atoms with Gasteiger partial charge in [-0.1, -0.05) is 188 Å². The molecular formula is C77H53B2N7. The molecule has 13 aromatic rings. The third-order valence-electron chi connectivity index (χ3n) is 16.0. The van der Waals surface area contributed by atoms with Crippen LogP contribution in [0.2, 0.25) is 0 Å². The second-order valence-electron chi connectivity index (χ2n) is 20.5. The van der Waals surface area contributed by atoms with Gasteiger partial charge in [0.1, 0.15) is 11.6 Å². The fraction of sp³-hybridized carbons (Fsp3) is 0. The molecule has 0 saturated carbocycles. The maximum Gasteiger partial charge on any atom is 0.254 e. The number of aromatic nitrogens is 1. The van der Waals surface area contributed by atoms with Crippen molar-refractivity contribution in [3.63, 3.8) is 0 Å². The lowest BCUT2D eigenvalue weighted by Crippen LogP contribution is -2.65. The van der Waals surface area contributed by atoms with Crippen molar-refractivity contribution >= 4 is 149 Å². The van der Waals surface area contributed by atoms with Gasteiger partial charge in [-0.15, -0.1) is 0 Å². The van der Waals surface area contributed by atoms with Crippen LogP contribution in [0.4, 0.5) is 103 Å². The van der Waals surface area contributed by atoms with Crippen LogP contribution < -0.4 is 62.2 Å². The zero-order valence-corrected chi connectivity index (χ0v) is 45.0. The molecule has 0 bridgehead atoms. The summed E-state index contributed by atoms with van der Waals surface area (Å²) in [7, 11) is 0. The molecule has 7 nitrogen and oxygen atoms in total. The van der Waals surface area contributed by atoms with Crippen molar-refractivity contribution in [2.24, 2.45) is 0 Å². The molecule has 0 N–H and O–H groups in total. The number of hydrogen-bond acceptors (Lipinski definition) is 7. The number of fused-ring (bicyclic) bond motifs is 8. The number of nitrogens with zero attached hydrogens (tertiary/aromatic N) is 7. The molecule has 402 valence electrons. The lowest BCUT2D eigenvalue weighted by molar-refractivity contribution is 1.13. The zero-order chi connectivity index (χ0) is 77.5. The van der Waals surface area contributed by atoms with Gasteiger partial charge < -0.3 is 19.6 Å². The van der Waals surface area contributed by atoms with E-state index in [0.29, 0.717) is 45.3 Å². The van der Waals surface area contributed by atoms with Crippen molar-refractivity contribution in [3.05, 3.63) is 321 Å². The van der Waals surface area contributed by atoms with Crippen molar-refractivity contribution in [2.75, 3.05) is 29.4 Å². The minimum absolute atomic E-state index is 0.0289. The van der Waals surface area contributed by atoms with Gasteiger partial charge in [-0.25, -0.2) is 4.98 Å². The summed E-state index contributed by atoms with van der Waals surface area (Å²) < 4.78 is 228. The van der Waals surface area contributed by atoms with E-state index in [1.807, 2.05) is 168 Å². The molecule has 0 radical (unpaired) electrons. The topological polar surface area (TPSA) is 32.3 Å². The first-order chi connectivity index (χ1) is 52.7. The number of anilines is 18. The second kappa shape index (κ2) is 20.3. The summed E-state index contributed by atoms with van der Waals surface area (Å²) in [5, 5.41) is 0. The first-order valence-electron chi connectivity index (χ1n) is 39.6. The maximum atomic E-state index is 10.4. The van der Waals surface area contributed by atoms with Crippen LogP contribution in [0.1, 0.15) is 32.9 Å². The van der Waals surface area contributed by atoms with E-state index < -0.39 is 193 Å². The van der Waals surface area contributed by atoms with Gasteiger partial charge in [0.15, 0.2) is 0 Å². The predicted octanol–water partition coefficient (Wildman–Crippen LogP) is 16.2. The van der Waals surface area contributed by atoms with E-state index in [0.717, 1.165) is 32.3 Å². The second-order valence-corrected chi connectivity index (χ2v) is 20.5. The highest BCUT2D eigenvalue weighted by Crippen LogP contribution is 2.51. The number of rotatable bonds is 10. The summed E-state index contributed by atoms with van der Waals surface area (Å²) in [6.45, 7) is -2.42. The average Bonchev–Trinajstić information content (AvgIpc) is 0.673. The van der Waals surface area contributed by atoms with E-state index >= 15 is 0 Å². The molecular weight excluding hydrogens is 1040 g/mol. The van der Waals surface area contributed by atoms with Crippen molar-refractivity contribution in [1.82, 2.24) is 4.98 Å². The Morgan fingerprint density at radius 3 is 1.29 bits per heavy atom. The third kappa shape index (κ3) is 7.82. The summed E-state index contributed by atoms with van der Waals surface area (Å²) >= 11 is 0. The quantitative estimate of drug-likeness (QED) is 0.126. The summed E-state index contributed by atoms with van der Waals surface area (Å²) in [5.74, 6) is 0.940. The average molecular weight is 1120 g/mol. The van der Waals surface area contributed by atoms with E-state index in [-0.39, 0.29) is 33.5 Å². The van der Waals surface area contributed by atoms with Crippen molar-refractivity contribution < 1.29 is 32.9 Å². The summed E-state index contributed by atoms with van der Waals surface area (Å²) in [6, 6.07) is 32.8. The van der Waals surface area contributed by atoms with Crippen LogP contribution in [0.5, 0.6) is 0 Å². The van der Waals surface area contributed by atoms with Gasteiger partial charge in [-0.3, -0.25) is 9.80 Å². The SMILES string of the molecule is [2H]c1c([2H])c([2H])c(N2c3cc4c(cc3B3c5c2cc(N(c2c([2H])c([2H])c([2H])c([2H])c2[2H])c2c([2H])c([2H])c([2H])c([2H])c2[2H])cc5N(c2c([2H])c([2H])c([2H])c([2H])c2[2H])c2c([2H])c([2H])c([2H])c([2H])c23)B2c3ccccc3N(c3ccccc3)c3nc(N(c5ccccc5)c5ccccc5)cc(c32)N4c2ccccc2)c([2H])c1[2H]. The molecule has 0 amide bonds. The highest BCUT2D eigenvalue weighted by molar-refractivity contribution is 7.03. The summed E-state index contributed by atoms with van der Waals surface area (Å²) in [5.41, 5.74) is 1.55. The number of pyridine rings is 1. The molecule has 4 aliphatic heterocycles. The summed E-state index contributed by atoms with van der Waals surface area (Å²) in [6.07, 6.45) is 0. The molecule has 0 aliphatic carbocycles. The van der Waals surface area contributed by atoms with Crippen molar-refractivity contribution in [1.29, 1.82) is 0 Å². The smallest absolute Gasteiger partial charge is 0.254 e. The third-order valence-corrected chi connectivity index (χ3v) is 16.0. The van der Waals surface area contributed by atoms with Gasteiger partial charge in [0.25, 0.3) is 13.4 Å². The monoisotopic (exact) mass is 1120 g/mol. The van der Waals surface area contributed by atoms with Crippen LogP contribution in [0.25, 0.3) is 0 Å². The van der Waals surface area contributed by atoms with Gasteiger partial charge in [0.2, 0.25) is 0 Å². The summed E-state index contributed by atoms with van der Waals surface area (Å²) in [4.78, 5) is 15.0. The van der Waals surface area contributed by atoms with Gasteiger partial charge in [-0.05, 0) is 160 Å². The van der Waals surface area contributed by atoms with E-state index in [1.54, 1.807) is 6.07 Å².